The quantitative estimate of drug-likeness (QED) is 0.757. The van der Waals surface area contributed by atoms with Gasteiger partial charge in [0, 0.05) is 18.9 Å². The second-order valence-electron chi connectivity index (χ2n) is 5.52. The van der Waals surface area contributed by atoms with Crippen molar-refractivity contribution >= 4 is 5.91 Å². The fourth-order valence-corrected chi connectivity index (χ4v) is 3.05. The average molecular weight is 246 g/mol. The van der Waals surface area contributed by atoms with Crippen molar-refractivity contribution in [1.82, 2.24) is 9.88 Å². The molecule has 96 valence electrons. The molecule has 2 aliphatic rings. The molecule has 0 unspecified atom stereocenters. The third-order valence-corrected chi connectivity index (χ3v) is 3.91. The number of carbonyl (C=O) groups excluding carboxylic acids is 1. The van der Waals surface area contributed by atoms with Crippen LogP contribution < -0.4 is 0 Å². The van der Waals surface area contributed by atoms with Crippen molar-refractivity contribution < 1.29 is 9.53 Å². The molecule has 2 fully saturated rings. The summed E-state index contributed by atoms with van der Waals surface area (Å²) in [4.78, 5) is 18.2. The molecule has 0 aromatic carbocycles. The average Bonchev–Trinajstić information content (AvgIpc) is 2.97. The first-order valence-corrected chi connectivity index (χ1v) is 6.52. The van der Waals surface area contributed by atoms with Crippen LogP contribution in [0.25, 0.3) is 0 Å². The summed E-state index contributed by atoms with van der Waals surface area (Å²) in [5.41, 5.74) is 0.595. The molecule has 2 atom stereocenters. The molecule has 0 saturated carbocycles. The first-order chi connectivity index (χ1) is 8.69. The van der Waals surface area contributed by atoms with E-state index in [1.807, 2.05) is 11.0 Å². The number of rotatable bonds is 1. The number of aromatic nitrogens is 1. The van der Waals surface area contributed by atoms with Crippen molar-refractivity contribution in [3.8, 4) is 0 Å². The minimum Gasteiger partial charge on any atom is -0.373 e. The van der Waals surface area contributed by atoms with Crippen molar-refractivity contribution in [3.05, 3.63) is 30.1 Å². The Morgan fingerprint density at radius 3 is 3.17 bits per heavy atom. The molecule has 3 rings (SSSR count). The van der Waals surface area contributed by atoms with Gasteiger partial charge in [-0.2, -0.15) is 0 Å². The van der Waals surface area contributed by atoms with E-state index in [4.69, 9.17) is 4.74 Å². The lowest BCUT2D eigenvalue weighted by molar-refractivity contribution is 0.0118. The summed E-state index contributed by atoms with van der Waals surface area (Å²) >= 11 is 0. The Morgan fingerprint density at radius 2 is 2.50 bits per heavy atom. The van der Waals surface area contributed by atoms with Crippen LogP contribution in [0.3, 0.4) is 0 Å². The van der Waals surface area contributed by atoms with Gasteiger partial charge in [0.1, 0.15) is 0 Å². The number of pyridine rings is 1. The molecular weight excluding hydrogens is 228 g/mol. The summed E-state index contributed by atoms with van der Waals surface area (Å²) in [5, 5.41) is 0. The predicted octanol–water partition coefficient (Wildman–Crippen LogP) is 1.72. The van der Waals surface area contributed by atoms with E-state index in [0.717, 1.165) is 32.5 Å². The lowest BCUT2D eigenvalue weighted by Gasteiger charge is -2.23. The smallest absolute Gasteiger partial charge is 0.255 e. The summed E-state index contributed by atoms with van der Waals surface area (Å²) < 4.78 is 5.92. The fraction of sp³-hybridized carbons (Fsp3) is 0.571. The molecule has 0 N–H and O–H groups in total. The molecule has 0 bridgehead atoms. The molecule has 1 aromatic heterocycles. The third kappa shape index (κ3) is 2.01. The van der Waals surface area contributed by atoms with Crippen molar-refractivity contribution in [1.29, 1.82) is 0 Å². The molecule has 0 radical (unpaired) electrons. The maximum Gasteiger partial charge on any atom is 0.255 e. The van der Waals surface area contributed by atoms with Crippen LogP contribution in [-0.2, 0) is 4.74 Å². The van der Waals surface area contributed by atoms with Crippen LogP contribution in [0, 0.1) is 5.92 Å². The number of nitrogens with zero attached hydrogens (tertiary/aromatic N) is 2. The van der Waals surface area contributed by atoms with Crippen molar-refractivity contribution in [2.45, 2.75) is 25.4 Å². The Bertz CT molecular complexity index is 448. The molecule has 1 spiro atoms. The van der Waals surface area contributed by atoms with Gasteiger partial charge in [0.25, 0.3) is 5.91 Å². The Kier molecular flexibility index (Phi) is 2.82. The molecule has 1 aromatic rings. The molecule has 4 nitrogen and oxygen atoms in total. The highest BCUT2D eigenvalue weighted by molar-refractivity contribution is 5.94. The Labute approximate surface area is 107 Å². The van der Waals surface area contributed by atoms with E-state index in [1.165, 1.54) is 0 Å². The normalized spacial score (nSPS) is 31.2. The SMILES string of the molecule is C[C@@H]1CO[C@]2(CCN(C(=O)c3cccnc3)C2)C1. The highest BCUT2D eigenvalue weighted by Crippen LogP contribution is 2.37. The number of amides is 1. The van der Waals surface area contributed by atoms with Gasteiger partial charge in [0.05, 0.1) is 24.3 Å². The lowest BCUT2D eigenvalue weighted by Crippen LogP contribution is -2.35. The zero-order chi connectivity index (χ0) is 12.6. The van der Waals surface area contributed by atoms with E-state index in [0.29, 0.717) is 11.5 Å². The largest absolute Gasteiger partial charge is 0.373 e. The summed E-state index contributed by atoms with van der Waals surface area (Å²) in [6.07, 6.45) is 5.35. The number of carbonyl (C=O) groups is 1. The highest BCUT2D eigenvalue weighted by atomic mass is 16.5. The van der Waals surface area contributed by atoms with Crippen LogP contribution in [0.1, 0.15) is 30.1 Å². The molecule has 1 amide bonds. The maximum absolute atomic E-state index is 12.3. The van der Waals surface area contributed by atoms with Crippen molar-refractivity contribution in [2.24, 2.45) is 5.92 Å². The summed E-state index contributed by atoms with van der Waals surface area (Å²) in [6.45, 7) is 4.56. The maximum atomic E-state index is 12.3. The van der Waals surface area contributed by atoms with Crippen LogP contribution >= 0.6 is 0 Å². The molecular formula is C14H18N2O2. The van der Waals surface area contributed by atoms with Gasteiger partial charge in [-0.15, -0.1) is 0 Å². The van der Waals surface area contributed by atoms with E-state index < -0.39 is 0 Å². The minimum atomic E-state index is -0.0721. The standard InChI is InChI=1S/C14H18N2O2/c1-11-7-14(18-9-11)4-6-16(10-14)13(17)12-3-2-5-15-8-12/h2-3,5,8,11H,4,6-7,9-10H2,1H3/t11-,14+/m0/s1. The first kappa shape index (κ1) is 11.7. The van der Waals surface area contributed by atoms with Gasteiger partial charge in [0.15, 0.2) is 0 Å². The second kappa shape index (κ2) is 4.35. The van der Waals surface area contributed by atoms with Gasteiger partial charge >= 0.3 is 0 Å². The minimum absolute atomic E-state index is 0.0721. The molecule has 0 aliphatic carbocycles. The fourth-order valence-electron chi connectivity index (χ4n) is 3.05. The van der Waals surface area contributed by atoms with Gasteiger partial charge in [-0.25, -0.2) is 0 Å². The Hall–Kier alpha value is -1.42. The Balaban J connectivity index is 1.71. The van der Waals surface area contributed by atoms with Gasteiger partial charge in [-0.05, 0) is 30.9 Å². The van der Waals surface area contributed by atoms with Gasteiger partial charge in [-0.3, -0.25) is 9.78 Å². The third-order valence-electron chi connectivity index (χ3n) is 3.91. The van der Waals surface area contributed by atoms with Crippen LogP contribution in [0.5, 0.6) is 0 Å². The van der Waals surface area contributed by atoms with E-state index >= 15 is 0 Å². The summed E-state index contributed by atoms with van der Waals surface area (Å²) in [6, 6.07) is 3.62. The molecule has 2 aliphatic heterocycles. The number of likely N-dealkylation sites (tertiary alicyclic amines) is 1. The zero-order valence-electron chi connectivity index (χ0n) is 10.6. The van der Waals surface area contributed by atoms with Crippen LogP contribution in [0.15, 0.2) is 24.5 Å². The molecule has 3 heterocycles. The summed E-state index contributed by atoms with van der Waals surface area (Å²) in [7, 11) is 0. The van der Waals surface area contributed by atoms with E-state index in [2.05, 4.69) is 11.9 Å². The molecule has 4 heteroatoms. The van der Waals surface area contributed by atoms with Crippen LogP contribution in [0.2, 0.25) is 0 Å². The van der Waals surface area contributed by atoms with Gasteiger partial charge < -0.3 is 9.64 Å². The molecule has 18 heavy (non-hydrogen) atoms. The van der Waals surface area contributed by atoms with E-state index in [1.54, 1.807) is 18.5 Å². The number of hydrogen-bond acceptors (Lipinski definition) is 3. The van der Waals surface area contributed by atoms with Crippen molar-refractivity contribution in [3.63, 3.8) is 0 Å². The highest BCUT2D eigenvalue weighted by Gasteiger charge is 2.45. The van der Waals surface area contributed by atoms with Crippen LogP contribution in [-0.4, -0.2) is 41.1 Å². The summed E-state index contributed by atoms with van der Waals surface area (Å²) in [5.74, 6) is 0.682. The monoisotopic (exact) mass is 246 g/mol. The zero-order valence-corrected chi connectivity index (χ0v) is 10.6. The first-order valence-electron chi connectivity index (χ1n) is 6.52. The second-order valence-corrected chi connectivity index (χ2v) is 5.52. The lowest BCUT2D eigenvalue weighted by atomic mass is 9.94. The number of ether oxygens (including phenoxy) is 1. The van der Waals surface area contributed by atoms with Gasteiger partial charge in [-0.1, -0.05) is 6.92 Å². The van der Waals surface area contributed by atoms with Gasteiger partial charge in [0.2, 0.25) is 0 Å². The van der Waals surface area contributed by atoms with E-state index in [9.17, 15) is 4.79 Å². The van der Waals surface area contributed by atoms with Crippen molar-refractivity contribution in [2.75, 3.05) is 19.7 Å². The van der Waals surface area contributed by atoms with Crippen LogP contribution in [0.4, 0.5) is 0 Å². The number of hydrogen-bond donors (Lipinski definition) is 0. The predicted molar refractivity (Wildman–Crippen MR) is 67.2 cm³/mol. The van der Waals surface area contributed by atoms with E-state index in [-0.39, 0.29) is 11.5 Å². The molecule has 2 saturated heterocycles. The Morgan fingerprint density at radius 1 is 1.61 bits per heavy atom. The topological polar surface area (TPSA) is 42.4 Å².